The molecule has 184 valence electrons. The molecule has 4 rings (SSSR count). The molecule has 1 aliphatic heterocycles. The number of ether oxygens (including phenoxy) is 1. The molecule has 1 aliphatic rings. The van der Waals surface area contributed by atoms with E-state index in [1.165, 1.54) is 23.1 Å². The van der Waals surface area contributed by atoms with Crippen molar-refractivity contribution in [3.05, 3.63) is 98.9 Å². The standard InChI is InChI=1S/C27H25N3O4S2/c1-3-28(4-2)21-14-13-20(24(17-21)34-18-19-9-6-5-7-10-19)15-25-26(31)29(27(35)36-25)22-11-8-12-23(16-22)30(32)33/h5-17H,3-4,18H2,1-2H3/b25-15-. The molecule has 1 amide bonds. The molecule has 1 fully saturated rings. The van der Waals surface area contributed by atoms with Gasteiger partial charge in [0.2, 0.25) is 0 Å². The van der Waals surface area contributed by atoms with Crippen LogP contribution in [0.25, 0.3) is 6.08 Å². The molecule has 0 N–H and O–H groups in total. The molecule has 1 heterocycles. The number of hydrogen-bond donors (Lipinski definition) is 0. The van der Waals surface area contributed by atoms with Crippen molar-refractivity contribution < 1.29 is 14.5 Å². The molecule has 0 bridgehead atoms. The first-order valence-electron chi connectivity index (χ1n) is 11.5. The van der Waals surface area contributed by atoms with E-state index in [9.17, 15) is 14.9 Å². The third kappa shape index (κ3) is 5.58. The Hall–Kier alpha value is -3.69. The van der Waals surface area contributed by atoms with E-state index in [2.05, 4.69) is 18.7 Å². The van der Waals surface area contributed by atoms with Crippen LogP contribution >= 0.6 is 24.0 Å². The van der Waals surface area contributed by atoms with Crippen molar-refractivity contribution >= 4 is 57.3 Å². The van der Waals surface area contributed by atoms with Crippen LogP contribution in [0, 0.1) is 10.1 Å². The van der Waals surface area contributed by atoms with Gasteiger partial charge in [-0.15, -0.1) is 0 Å². The summed E-state index contributed by atoms with van der Waals surface area (Å²) in [5.74, 6) is 0.330. The summed E-state index contributed by atoms with van der Waals surface area (Å²) in [6.45, 7) is 6.30. The average Bonchev–Trinajstić information content (AvgIpc) is 3.17. The first-order chi connectivity index (χ1) is 17.4. The Labute approximate surface area is 219 Å². The highest BCUT2D eigenvalue weighted by Gasteiger charge is 2.34. The second kappa shape index (κ2) is 11.4. The predicted molar refractivity (Wildman–Crippen MR) is 150 cm³/mol. The minimum atomic E-state index is -0.495. The fourth-order valence-corrected chi connectivity index (χ4v) is 5.16. The van der Waals surface area contributed by atoms with E-state index in [0.29, 0.717) is 27.3 Å². The van der Waals surface area contributed by atoms with Crippen LogP contribution in [0.15, 0.2) is 77.7 Å². The summed E-state index contributed by atoms with van der Waals surface area (Å²) >= 11 is 6.62. The van der Waals surface area contributed by atoms with Gasteiger partial charge in [-0.3, -0.25) is 19.8 Å². The van der Waals surface area contributed by atoms with Crippen molar-refractivity contribution in [1.29, 1.82) is 0 Å². The molecular formula is C27H25N3O4S2. The third-order valence-electron chi connectivity index (χ3n) is 5.74. The quantitative estimate of drug-likeness (QED) is 0.140. The number of nitrogens with zero attached hydrogens (tertiary/aromatic N) is 3. The van der Waals surface area contributed by atoms with Gasteiger partial charge >= 0.3 is 0 Å². The van der Waals surface area contributed by atoms with Gasteiger partial charge in [0, 0.05) is 42.5 Å². The molecule has 0 unspecified atom stereocenters. The number of nitro benzene ring substituents is 1. The van der Waals surface area contributed by atoms with Gasteiger partial charge in [-0.25, -0.2) is 0 Å². The van der Waals surface area contributed by atoms with Gasteiger partial charge in [0.25, 0.3) is 11.6 Å². The van der Waals surface area contributed by atoms with Gasteiger partial charge < -0.3 is 9.64 Å². The van der Waals surface area contributed by atoms with E-state index < -0.39 is 4.92 Å². The van der Waals surface area contributed by atoms with Gasteiger partial charge in [0.1, 0.15) is 12.4 Å². The fourth-order valence-electron chi connectivity index (χ4n) is 3.87. The second-order valence-corrected chi connectivity index (χ2v) is 9.64. The van der Waals surface area contributed by atoms with E-state index in [0.717, 1.165) is 41.7 Å². The highest BCUT2D eigenvalue weighted by atomic mass is 32.2. The van der Waals surface area contributed by atoms with Crippen molar-refractivity contribution in [3.63, 3.8) is 0 Å². The maximum Gasteiger partial charge on any atom is 0.271 e. The Morgan fingerprint density at radius 1 is 1.06 bits per heavy atom. The van der Waals surface area contributed by atoms with Crippen LogP contribution in [-0.4, -0.2) is 28.2 Å². The third-order valence-corrected chi connectivity index (χ3v) is 7.04. The van der Waals surface area contributed by atoms with Gasteiger partial charge in [-0.2, -0.15) is 0 Å². The largest absolute Gasteiger partial charge is 0.488 e. The topological polar surface area (TPSA) is 75.9 Å². The molecule has 0 aromatic heterocycles. The molecule has 1 saturated heterocycles. The van der Waals surface area contributed by atoms with Crippen LogP contribution in [0.3, 0.4) is 0 Å². The number of non-ortho nitro benzene ring substituents is 1. The zero-order valence-electron chi connectivity index (χ0n) is 19.9. The number of carbonyl (C=O) groups is 1. The van der Waals surface area contributed by atoms with E-state index >= 15 is 0 Å². The Bertz CT molecular complexity index is 1320. The number of amides is 1. The summed E-state index contributed by atoms with van der Waals surface area (Å²) in [4.78, 5) is 28.0. The van der Waals surface area contributed by atoms with E-state index in [1.54, 1.807) is 12.1 Å². The van der Waals surface area contributed by atoms with Crippen LogP contribution in [0.2, 0.25) is 0 Å². The molecule has 0 aliphatic carbocycles. The highest BCUT2D eigenvalue weighted by molar-refractivity contribution is 8.27. The minimum absolute atomic E-state index is 0.103. The van der Waals surface area contributed by atoms with Crippen molar-refractivity contribution in [2.24, 2.45) is 0 Å². The Balaban J connectivity index is 1.67. The Kier molecular flexibility index (Phi) is 8.02. The Morgan fingerprint density at radius 3 is 2.50 bits per heavy atom. The molecule has 36 heavy (non-hydrogen) atoms. The molecule has 9 heteroatoms. The maximum atomic E-state index is 13.3. The molecular weight excluding hydrogens is 494 g/mol. The normalized spacial score (nSPS) is 14.4. The van der Waals surface area contributed by atoms with Crippen LogP contribution < -0.4 is 14.5 Å². The maximum absolute atomic E-state index is 13.3. The number of carbonyl (C=O) groups excluding carboxylic acids is 1. The lowest BCUT2D eigenvalue weighted by Gasteiger charge is -2.22. The monoisotopic (exact) mass is 519 g/mol. The summed E-state index contributed by atoms with van der Waals surface area (Å²) in [6, 6.07) is 21.7. The first-order valence-corrected chi connectivity index (χ1v) is 12.7. The van der Waals surface area contributed by atoms with Crippen molar-refractivity contribution in [1.82, 2.24) is 0 Å². The van der Waals surface area contributed by atoms with Crippen molar-refractivity contribution in [3.8, 4) is 5.75 Å². The SMILES string of the molecule is CCN(CC)c1ccc(/C=C2\SC(=S)N(c3cccc([N+](=O)[O-])c3)C2=O)c(OCc2ccccc2)c1. The number of hydrogen-bond acceptors (Lipinski definition) is 7. The Morgan fingerprint density at radius 2 is 1.81 bits per heavy atom. The van der Waals surface area contributed by atoms with E-state index in [1.807, 2.05) is 48.5 Å². The van der Waals surface area contributed by atoms with Crippen LogP contribution in [-0.2, 0) is 11.4 Å². The smallest absolute Gasteiger partial charge is 0.271 e. The second-order valence-electron chi connectivity index (χ2n) is 7.96. The summed E-state index contributed by atoms with van der Waals surface area (Å²) in [6.07, 6.45) is 1.77. The number of thiocarbonyl (C=S) groups is 1. The number of nitro groups is 1. The molecule has 0 radical (unpaired) electrons. The molecule has 3 aromatic carbocycles. The minimum Gasteiger partial charge on any atom is -0.488 e. The zero-order chi connectivity index (χ0) is 25.7. The average molecular weight is 520 g/mol. The lowest BCUT2D eigenvalue weighted by atomic mass is 10.1. The number of benzene rings is 3. The van der Waals surface area contributed by atoms with Gasteiger partial charge in [0.15, 0.2) is 4.32 Å². The van der Waals surface area contributed by atoms with Crippen molar-refractivity contribution in [2.75, 3.05) is 22.9 Å². The molecule has 0 spiro atoms. The van der Waals surface area contributed by atoms with Crippen LogP contribution in [0.1, 0.15) is 25.0 Å². The summed E-state index contributed by atoms with van der Waals surface area (Å²) in [7, 11) is 0. The fraction of sp³-hybridized carbons (Fsp3) is 0.185. The van der Waals surface area contributed by atoms with Gasteiger partial charge in [-0.1, -0.05) is 60.4 Å². The number of thioether (sulfide) groups is 1. The van der Waals surface area contributed by atoms with Gasteiger partial charge in [0.05, 0.1) is 15.5 Å². The zero-order valence-corrected chi connectivity index (χ0v) is 21.6. The van der Waals surface area contributed by atoms with E-state index in [-0.39, 0.29) is 11.6 Å². The number of rotatable bonds is 9. The van der Waals surface area contributed by atoms with Crippen LogP contribution in [0.4, 0.5) is 17.1 Å². The summed E-state index contributed by atoms with van der Waals surface area (Å²) < 4.78 is 6.53. The lowest BCUT2D eigenvalue weighted by Crippen LogP contribution is -2.27. The van der Waals surface area contributed by atoms with E-state index in [4.69, 9.17) is 17.0 Å². The van der Waals surface area contributed by atoms with Crippen LogP contribution in [0.5, 0.6) is 5.75 Å². The summed E-state index contributed by atoms with van der Waals surface area (Å²) in [5, 5.41) is 11.2. The highest BCUT2D eigenvalue weighted by Crippen LogP contribution is 2.38. The van der Waals surface area contributed by atoms with Gasteiger partial charge in [-0.05, 0) is 43.7 Å². The first kappa shape index (κ1) is 25.4. The van der Waals surface area contributed by atoms with Crippen molar-refractivity contribution in [2.45, 2.75) is 20.5 Å². The molecule has 7 nitrogen and oxygen atoms in total. The lowest BCUT2D eigenvalue weighted by molar-refractivity contribution is -0.384. The molecule has 0 atom stereocenters. The molecule has 0 saturated carbocycles. The molecule has 3 aromatic rings. The predicted octanol–water partition coefficient (Wildman–Crippen LogP) is 6.43. The number of anilines is 2. The summed E-state index contributed by atoms with van der Waals surface area (Å²) in [5.41, 5.74) is 3.08.